The van der Waals surface area contributed by atoms with Crippen molar-refractivity contribution in [3.8, 4) is 11.5 Å². The van der Waals surface area contributed by atoms with Crippen LogP contribution in [0.4, 0.5) is 5.69 Å². The van der Waals surface area contributed by atoms with E-state index in [1.54, 1.807) is 24.4 Å². The second-order valence-corrected chi connectivity index (χ2v) is 11.6. The minimum atomic E-state index is -0.287. The molecule has 5 rings (SSSR count). The normalized spacial score (nSPS) is 13.9. The predicted octanol–water partition coefficient (Wildman–Crippen LogP) is 7.27. The molecule has 1 aliphatic rings. The molecule has 1 fully saturated rings. The summed E-state index contributed by atoms with van der Waals surface area (Å²) in [4.78, 5) is 31.0. The molecule has 8 nitrogen and oxygen atoms in total. The first-order valence-electron chi connectivity index (χ1n) is 13.6. The lowest BCUT2D eigenvalue weighted by Crippen LogP contribution is -2.25. The number of para-hydroxylation sites is 1. The van der Waals surface area contributed by atoms with E-state index in [2.05, 4.69) is 42.3 Å². The first-order valence-corrected chi connectivity index (χ1v) is 15.2. The van der Waals surface area contributed by atoms with Crippen LogP contribution < -0.4 is 20.3 Å². The molecule has 0 atom stereocenters. The lowest BCUT2D eigenvalue weighted by atomic mass is 9.88. The molecule has 0 radical (unpaired) electrons. The predicted molar refractivity (Wildman–Crippen MR) is 168 cm³/mol. The van der Waals surface area contributed by atoms with E-state index in [0.29, 0.717) is 50.6 Å². The molecular weight excluding hydrogens is 652 g/mol. The number of nitrogens with zero attached hydrogens (tertiary/aromatic N) is 3. The maximum absolute atomic E-state index is 13.6. The molecule has 1 saturated carbocycles. The molecule has 0 saturated heterocycles. The van der Waals surface area contributed by atoms with Crippen molar-refractivity contribution < 1.29 is 14.3 Å². The van der Waals surface area contributed by atoms with E-state index in [4.69, 9.17) is 14.5 Å². The number of carbonyl (C=O) groups excluding carboxylic acids is 1. The Hall–Kier alpha value is -3.50. The second-order valence-electron chi connectivity index (χ2n) is 9.78. The van der Waals surface area contributed by atoms with Crippen molar-refractivity contribution in [1.29, 1.82) is 0 Å². The maximum Gasteiger partial charge on any atom is 0.282 e. The van der Waals surface area contributed by atoms with Crippen LogP contribution in [0.15, 0.2) is 79.5 Å². The summed E-state index contributed by atoms with van der Waals surface area (Å²) in [6, 6.07) is 18.3. The molecule has 0 aliphatic heterocycles. The molecule has 3 aromatic carbocycles. The van der Waals surface area contributed by atoms with Crippen LogP contribution in [0.25, 0.3) is 10.9 Å². The Bertz CT molecular complexity index is 1630. The molecule has 0 unspecified atom stereocenters. The maximum atomic E-state index is 13.6. The van der Waals surface area contributed by atoms with E-state index in [9.17, 15) is 9.59 Å². The number of carbonyl (C=O) groups is 1. The van der Waals surface area contributed by atoms with Crippen LogP contribution in [-0.4, -0.2) is 35.0 Å². The Morgan fingerprint density at radius 2 is 1.80 bits per heavy atom. The average Bonchev–Trinajstić information content (AvgIpc) is 2.98. The van der Waals surface area contributed by atoms with Crippen LogP contribution >= 0.6 is 31.9 Å². The molecule has 1 N–H and O–H groups in total. The standard InChI is InChI=1S/C31H30Br2N4O4/c1-2-40-27-15-21(25(33)17-28(27)41-19-29(38)35-23-11-7-4-8-12-23)18-34-37-30(20-9-5-3-6-10-20)36-26-14-13-22(32)16-24(26)31(37)39/h4,7-8,11-18,20H,2-3,5-6,9-10,19H2,1H3,(H,35,38). The van der Waals surface area contributed by atoms with Crippen LogP contribution in [0.3, 0.4) is 0 Å². The lowest BCUT2D eigenvalue weighted by molar-refractivity contribution is -0.118. The lowest BCUT2D eigenvalue weighted by Gasteiger charge is -2.22. The number of anilines is 1. The third-order valence-corrected chi connectivity index (χ3v) is 8.08. The van der Waals surface area contributed by atoms with Crippen LogP contribution in [-0.2, 0) is 4.79 Å². The smallest absolute Gasteiger partial charge is 0.282 e. The van der Waals surface area contributed by atoms with E-state index >= 15 is 0 Å². The van der Waals surface area contributed by atoms with Crippen molar-refractivity contribution in [3.63, 3.8) is 0 Å². The van der Waals surface area contributed by atoms with Gasteiger partial charge in [0, 0.05) is 26.1 Å². The summed E-state index contributed by atoms with van der Waals surface area (Å²) < 4.78 is 14.6. The SMILES string of the molecule is CCOc1cc(C=Nn2c(C3CCCCC3)nc3ccc(Br)cc3c2=O)c(Br)cc1OCC(=O)Nc1ccccc1. The monoisotopic (exact) mass is 680 g/mol. The van der Waals surface area contributed by atoms with Crippen molar-refractivity contribution in [2.24, 2.45) is 5.10 Å². The van der Waals surface area contributed by atoms with Gasteiger partial charge in [-0.25, -0.2) is 4.98 Å². The van der Waals surface area contributed by atoms with Gasteiger partial charge in [-0.15, -0.1) is 0 Å². The van der Waals surface area contributed by atoms with Crippen LogP contribution in [0, 0.1) is 0 Å². The number of aromatic nitrogens is 2. The first kappa shape index (κ1) is 29.0. The molecule has 0 spiro atoms. The quantitative estimate of drug-likeness (QED) is 0.188. The zero-order valence-corrected chi connectivity index (χ0v) is 25.8. The highest BCUT2D eigenvalue weighted by molar-refractivity contribution is 9.10. The van der Waals surface area contributed by atoms with E-state index in [1.165, 1.54) is 11.1 Å². The van der Waals surface area contributed by atoms with Crippen molar-refractivity contribution >= 4 is 60.6 Å². The van der Waals surface area contributed by atoms with Gasteiger partial charge in [0.25, 0.3) is 11.5 Å². The summed E-state index contributed by atoms with van der Waals surface area (Å²) in [6.45, 7) is 2.09. The van der Waals surface area contributed by atoms with Crippen LogP contribution in [0.1, 0.15) is 56.3 Å². The van der Waals surface area contributed by atoms with Gasteiger partial charge in [0.1, 0.15) is 5.82 Å². The van der Waals surface area contributed by atoms with Gasteiger partial charge in [-0.1, -0.05) is 53.4 Å². The number of rotatable bonds is 9. The Morgan fingerprint density at radius 1 is 1.05 bits per heavy atom. The van der Waals surface area contributed by atoms with Gasteiger partial charge in [0.05, 0.1) is 23.7 Å². The number of halogens is 2. The Labute approximate surface area is 255 Å². The minimum absolute atomic E-state index is 0.168. The molecule has 1 aromatic heterocycles. The summed E-state index contributed by atoms with van der Waals surface area (Å²) >= 11 is 7.06. The third kappa shape index (κ3) is 7.05. The minimum Gasteiger partial charge on any atom is -0.490 e. The van der Waals surface area contributed by atoms with Crippen molar-refractivity contribution in [2.45, 2.75) is 44.9 Å². The average molecular weight is 682 g/mol. The summed E-state index contributed by atoms with van der Waals surface area (Å²) in [5, 5.41) is 7.96. The van der Waals surface area contributed by atoms with Crippen molar-refractivity contribution in [2.75, 3.05) is 18.5 Å². The number of fused-ring (bicyclic) bond motifs is 1. The van der Waals surface area contributed by atoms with E-state index < -0.39 is 0 Å². The van der Waals surface area contributed by atoms with Crippen molar-refractivity contribution in [3.05, 3.63) is 91.4 Å². The van der Waals surface area contributed by atoms with Crippen molar-refractivity contribution in [1.82, 2.24) is 9.66 Å². The number of hydrogen-bond donors (Lipinski definition) is 1. The van der Waals surface area contributed by atoms with Gasteiger partial charge in [-0.2, -0.15) is 9.78 Å². The Morgan fingerprint density at radius 3 is 2.56 bits per heavy atom. The summed E-state index contributed by atoms with van der Waals surface area (Å²) in [6.07, 6.45) is 6.99. The highest BCUT2D eigenvalue weighted by Crippen LogP contribution is 2.34. The largest absolute Gasteiger partial charge is 0.490 e. The summed E-state index contributed by atoms with van der Waals surface area (Å²) in [7, 11) is 0. The zero-order chi connectivity index (χ0) is 28.8. The number of benzene rings is 3. The zero-order valence-electron chi connectivity index (χ0n) is 22.6. The second kappa shape index (κ2) is 13.4. The van der Waals surface area contributed by atoms with E-state index in [-0.39, 0.29) is 24.0 Å². The first-order chi connectivity index (χ1) is 19.9. The fourth-order valence-corrected chi connectivity index (χ4v) is 5.70. The molecule has 0 bridgehead atoms. The number of ether oxygens (including phenoxy) is 2. The highest BCUT2D eigenvalue weighted by atomic mass is 79.9. The molecule has 1 amide bonds. The van der Waals surface area contributed by atoms with Gasteiger partial charge >= 0.3 is 0 Å². The van der Waals surface area contributed by atoms with Crippen LogP contribution in [0.5, 0.6) is 11.5 Å². The van der Waals surface area contributed by atoms with Gasteiger partial charge in [-0.05, 0) is 78.2 Å². The fraction of sp³-hybridized carbons (Fsp3) is 0.290. The number of nitrogens with one attached hydrogen (secondary N) is 1. The van der Waals surface area contributed by atoms with E-state index in [0.717, 1.165) is 30.2 Å². The van der Waals surface area contributed by atoms with Gasteiger partial charge in [-0.3, -0.25) is 9.59 Å². The van der Waals surface area contributed by atoms with Gasteiger partial charge < -0.3 is 14.8 Å². The molecule has 1 aliphatic carbocycles. The molecule has 41 heavy (non-hydrogen) atoms. The molecule has 212 valence electrons. The molecular formula is C31H30Br2N4O4. The van der Waals surface area contributed by atoms with E-state index in [1.807, 2.05) is 49.4 Å². The molecule has 4 aromatic rings. The Balaban J connectivity index is 1.44. The van der Waals surface area contributed by atoms with Gasteiger partial charge in [0.15, 0.2) is 18.1 Å². The van der Waals surface area contributed by atoms with Gasteiger partial charge in [0.2, 0.25) is 0 Å². The highest BCUT2D eigenvalue weighted by Gasteiger charge is 2.23. The third-order valence-electron chi connectivity index (χ3n) is 6.90. The topological polar surface area (TPSA) is 94.8 Å². The number of amides is 1. The molecule has 1 heterocycles. The summed E-state index contributed by atoms with van der Waals surface area (Å²) in [5.41, 5.74) is 1.84. The molecule has 10 heteroatoms. The summed E-state index contributed by atoms with van der Waals surface area (Å²) in [5.74, 6) is 1.44. The Kier molecular flexibility index (Phi) is 9.51. The number of hydrogen-bond acceptors (Lipinski definition) is 6. The van der Waals surface area contributed by atoms with Crippen LogP contribution in [0.2, 0.25) is 0 Å². The fourth-order valence-electron chi connectivity index (χ4n) is 4.92.